The van der Waals surface area contributed by atoms with Gasteiger partial charge in [0.05, 0.1) is 18.2 Å². The summed E-state index contributed by atoms with van der Waals surface area (Å²) < 4.78 is 27.4. The molecule has 138 valence electrons. The molecule has 1 saturated carbocycles. The lowest BCUT2D eigenvalue weighted by atomic mass is 9.77. The second-order valence-corrected chi connectivity index (χ2v) is 9.01. The van der Waals surface area contributed by atoms with Gasteiger partial charge in [0.25, 0.3) is 10.0 Å². The number of hydrogen-bond donors (Lipinski definition) is 2. The standard InChI is InChI=1S/C18H28N4O2S/c1-13-7-9-16(10-8-13)25(23,24)21-18-19-11-22(12-20-18)17-6-4-5-14(2)15(17)3/h7-10,14-15,17H,4-6,11-12H2,1-3H3,(H2,19,20,21)/t14-,15-,17+/m0/s1. The van der Waals surface area contributed by atoms with E-state index in [9.17, 15) is 8.42 Å². The molecule has 6 nitrogen and oxygen atoms in total. The van der Waals surface area contributed by atoms with Gasteiger partial charge in [0.15, 0.2) is 0 Å². The predicted octanol–water partition coefficient (Wildman–Crippen LogP) is 2.27. The number of sulfonamides is 1. The Balaban J connectivity index is 1.64. The van der Waals surface area contributed by atoms with Crippen molar-refractivity contribution in [3.8, 4) is 0 Å². The summed E-state index contributed by atoms with van der Waals surface area (Å²) in [6.45, 7) is 7.71. The van der Waals surface area contributed by atoms with Gasteiger partial charge < -0.3 is 5.32 Å². The van der Waals surface area contributed by atoms with Crippen molar-refractivity contribution in [3.05, 3.63) is 29.8 Å². The van der Waals surface area contributed by atoms with Gasteiger partial charge in [-0.2, -0.15) is 0 Å². The molecule has 0 unspecified atom stereocenters. The first kappa shape index (κ1) is 18.2. The lowest BCUT2D eigenvalue weighted by molar-refractivity contribution is 0.0768. The molecule has 2 N–H and O–H groups in total. The maximum absolute atomic E-state index is 12.4. The Bertz CT molecular complexity index is 730. The molecular formula is C18H28N4O2S. The summed E-state index contributed by atoms with van der Waals surface area (Å²) >= 11 is 0. The van der Waals surface area contributed by atoms with Crippen LogP contribution in [0.15, 0.2) is 34.2 Å². The molecule has 25 heavy (non-hydrogen) atoms. The Morgan fingerprint density at radius 1 is 1.20 bits per heavy atom. The molecule has 0 aromatic heterocycles. The predicted molar refractivity (Wildman–Crippen MR) is 99.6 cm³/mol. The first-order chi connectivity index (χ1) is 11.9. The van der Waals surface area contributed by atoms with Crippen molar-refractivity contribution < 1.29 is 8.42 Å². The van der Waals surface area contributed by atoms with Gasteiger partial charge in [0.1, 0.15) is 0 Å². The Morgan fingerprint density at radius 3 is 2.56 bits per heavy atom. The van der Waals surface area contributed by atoms with Gasteiger partial charge in [-0.25, -0.2) is 18.1 Å². The third kappa shape index (κ3) is 4.15. The van der Waals surface area contributed by atoms with Crippen molar-refractivity contribution in [1.82, 2.24) is 14.9 Å². The van der Waals surface area contributed by atoms with Crippen molar-refractivity contribution in [3.63, 3.8) is 0 Å². The Labute approximate surface area is 150 Å². The molecule has 1 aromatic carbocycles. The van der Waals surface area contributed by atoms with Gasteiger partial charge >= 0.3 is 0 Å². The molecule has 3 atom stereocenters. The van der Waals surface area contributed by atoms with Crippen LogP contribution in [0.5, 0.6) is 0 Å². The number of guanidine groups is 1. The summed E-state index contributed by atoms with van der Waals surface area (Å²) in [4.78, 5) is 6.97. The van der Waals surface area contributed by atoms with Crippen LogP contribution in [-0.2, 0) is 10.0 Å². The molecule has 2 aliphatic rings. The monoisotopic (exact) mass is 364 g/mol. The molecule has 3 rings (SSSR count). The first-order valence-corrected chi connectivity index (χ1v) is 10.5. The van der Waals surface area contributed by atoms with E-state index < -0.39 is 10.0 Å². The van der Waals surface area contributed by atoms with Crippen LogP contribution in [0.3, 0.4) is 0 Å². The normalized spacial score (nSPS) is 28.1. The van der Waals surface area contributed by atoms with Crippen molar-refractivity contribution in [1.29, 1.82) is 0 Å². The van der Waals surface area contributed by atoms with Gasteiger partial charge in [0.2, 0.25) is 5.96 Å². The number of nitrogens with zero attached hydrogens (tertiary/aromatic N) is 2. The van der Waals surface area contributed by atoms with E-state index in [1.165, 1.54) is 19.3 Å². The maximum Gasteiger partial charge on any atom is 0.264 e. The van der Waals surface area contributed by atoms with Crippen LogP contribution in [0.25, 0.3) is 0 Å². The second kappa shape index (κ2) is 7.33. The Hall–Kier alpha value is -1.60. The van der Waals surface area contributed by atoms with E-state index in [1.54, 1.807) is 24.3 Å². The number of hydrogen-bond acceptors (Lipinski definition) is 5. The highest BCUT2D eigenvalue weighted by Gasteiger charge is 2.32. The van der Waals surface area contributed by atoms with Crippen LogP contribution in [0, 0.1) is 18.8 Å². The van der Waals surface area contributed by atoms with Gasteiger partial charge in [-0.05, 0) is 37.3 Å². The minimum Gasteiger partial charge on any atom is -0.343 e. The number of benzene rings is 1. The van der Waals surface area contributed by atoms with E-state index >= 15 is 0 Å². The van der Waals surface area contributed by atoms with E-state index in [0.29, 0.717) is 31.3 Å². The fourth-order valence-corrected chi connectivity index (χ4v) is 4.71. The number of aliphatic imine (C=N–C) groups is 1. The zero-order chi connectivity index (χ0) is 18.0. The highest BCUT2D eigenvalue weighted by Crippen LogP contribution is 2.32. The lowest BCUT2D eigenvalue weighted by Crippen LogP contribution is -2.55. The Morgan fingerprint density at radius 2 is 1.92 bits per heavy atom. The van der Waals surface area contributed by atoms with E-state index in [-0.39, 0.29) is 4.90 Å². The highest BCUT2D eigenvalue weighted by atomic mass is 32.2. The molecule has 7 heteroatoms. The molecule has 0 bridgehead atoms. The molecule has 1 fully saturated rings. The summed E-state index contributed by atoms with van der Waals surface area (Å²) in [6.07, 6.45) is 3.74. The first-order valence-electron chi connectivity index (χ1n) is 8.98. The quantitative estimate of drug-likeness (QED) is 0.863. The van der Waals surface area contributed by atoms with Crippen LogP contribution in [-0.4, -0.2) is 38.7 Å². The largest absolute Gasteiger partial charge is 0.343 e. The van der Waals surface area contributed by atoms with E-state index in [0.717, 1.165) is 11.5 Å². The number of rotatable bonds is 3. The molecule has 1 aromatic rings. The SMILES string of the molecule is Cc1ccc(S(=O)(=O)NC2=NCN([C@@H]3CCC[C@H](C)[C@@H]3C)CN2)cc1. The van der Waals surface area contributed by atoms with Crippen molar-refractivity contribution >= 4 is 16.0 Å². The number of nitrogens with one attached hydrogen (secondary N) is 2. The highest BCUT2D eigenvalue weighted by molar-refractivity contribution is 7.90. The molecule has 1 aliphatic heterocycles. The van der Waals surface area contributed by atoms with E-state index in [1.807, 2.05) is 6.92 Å². The maximum atomic E-state index is 12.4. The van der Waals surface area contributed by atoms with Crippen LogP contribution >= 0.6 is 0 Å². The van der Waals surface area contributed by atoms with Gasteiger partial charge in [-0.1, -0.05) is 44.4 Å². The van der Waals surface area contributed by atoms with Gasteiger partial charge in [-0.15, -0.1) is 0 Å². The topological polar surface area (TPSA) is 73.8 Å². The second-order valence-electron chi connectivity index (χ2n) is 7.32. The third-order valence-corrected chi connectivity index (χ3v) is 6.91. The van der Waals surface area contributed by atoms with Crippen LogP contribution < -0.4 is 10.0 Å². The molecule has 0 amide bonds. The molecular weight excluding hydrogens is 336 g/mol. The summed E-state index contributed by atoms with van der Waals surface area (Å²) in [5.41, 5.74) is 1.03. The minimum absolute atomic E-state index is 0.250. The minimum atomic E-state index is -3.60. The summed E-state index contributed by atoms with van der Waals surface area (Å²) in [7, 11) is -3.60. The summed E-state index contributed by atoms with van der Waals surface area (Å²) in [5.74, 6) is 1.69. The summed E-state index contributed by atoms with van der Waals surface area (Å²) in [5, 5.41) is 3.12. The molecule has 0 radical (unpaired) electrons. The van der Waals surface area contributed by atoms with E-state index in [2.05, 4.69) is 33.8 Å². The van der Waals surface area contributed by atoms with Gasteiger partial charge in [0, 0.05) is 6.04 Å². The smallest absolute Gasteiger partial charge is 0.264 e. The molecule has 1 aliphatic carbocycles. The van der Waals surface area contributed by atoms with Crippen LogP contribution in [0.1, 0.15) is 38.7 Å². The van der Waals surface area contributed by atoms with Crippen molar-refractivity contribution in [2.75, 3.05) is 13.3 Å². The van der Waals surface area contributed by atoms with Crippen LogP contribution in [0.2, 0.25) is 0 Å². The van der Waals surface area contributed by atoms with Gasteiger partial charge in [-0.3, -0.25) is 4.90 Å². The molecule has 0 saturated heterocycles. The zero-order valence-corrected chi connectivity index (χ0v) is 16.0. The zero-order valence-electron chi connectivity index (χ0n) is 15.2. The van der Waals surface area contributed by atoms with Crippen molar-refractivity contribution in [2.45, 2.75) is 51.0 Å². The fraction of sp³-hybridized carbons (Fsp3) is 0.611. The molecule has 0 spiro atoms. The lowest BCUT2D eigenvalue weighted by Gasteiger charge is -2.42. The number of aryl methyl sites for hydroxylation is 1. The average molecular weight is 365 g/mol. The molecule has 1 heterocycles. The Kier molecular flexibility index (Phi) is 5.34. The third-order valence-electron chi connectivity index (χ3n) is 5.56. The van der Waals surface area contributed by atoms with Crippen molar-refractivity contribution in [2.24, 2.45) is 16.8 Å². The van der Waals surface area contributed by atoms with E-state index in [4.69, 9.17) is 0 Å². The summed E-state index contributed by atoms with van der Waals surface area (Å²) in [6, 6.07) is 7.31. The fourth-order valence-electron chi connectivity index (χ4n) is 3.71. The average Bonchev–Trinajstić information content (AvgIpc) is 2.58. The van der Waals surface area contributed by atoms with Crippen LogP contribution in [0.4, 0.5) is 0 Å².